The summed E-state index contributed by atoms with van der Waals surface area (Å²) in [7, 11) is -4.00. The highest BCUT2D eigenvalue weighted by Crippen LogP contribution is 2.27. The lowest BCUT2D eigenvalue weighted by atomic mass is 10.2. The van der Waals surface area contributed by atoms with Gasteiger partial charge in [-0.1, -0.05) is 36.4 Å². The number of para-hydroxylation sites is 1. The number of benzene rings is 3. The quantitative estimate of drug-likeness (QED) is 0.489. The van der Waals surface area contributed by atoms with Crippen LogP contribution in [0.1, 0.15) is 12.0 Å². The molecule has 3 aromatic carbocycles. The molecule has 0 atom stereocenters. The summed E-state index contributed by atoms with van der Waals surface area (Å²) in [6, 6.07) is 21.3. The molecule has 0 saturated carbocycles. The van der Waals surface area contributed by atoms with E-state index >= 15 is 0 Å². The number of hydrogen-bond donors (Lipinski definition) is 1. The second kappa shape index (κ2) is 10.0. The number of halogens is 1. The van der Waals surface area contributed by atoms with Gasteiger partial charge in [0.25, 0.3) is 10.0 Å². The van der Waals surface area contributed by atoms with Crippen LogP contribution in [0.3, 0.4) is 0 Å². The van der Waals surface area contributed by atoms with Gasteiger partial charge >= 0.3 is 0 Å². The van der Waals surface area contributed by atoms with Gasteiger partial charge in [-0.2, -0.15) is 0 Å². The highest BCUT2D eigenvalue weighted by Gasteiger charge is 2.27. The minimum atomic E-state index is -4.00. The molecule has 1 aliphatic rings. The number of anilines is 2. The van der Waals surface area contributed by atoms with Crippen LogP contribution in [0.2, 0.25) is 0 Å². The molecule has 0 fully saturated rings. The first-order chi connectivity index (χ1) is 15.9. The smallest absolute Gasteiger partial charge is 0.264 e. The third-order valence-electron chi connectivity index (χ3n) is 5.64. The van der Waals surface area contributed by atoms with E-state index in [-0.39, 0.29) is 10.6 Å². The molecule has 0 saturated heterocycles. The van der Waals surface area contributed by atoms with E-state index in [1.54, 1.807) is 18.2 Å². The van der Waals surface area contributed by atoms with Crippen LogP contribution in [0, 0.1) is 5.82 Å². The largest absolute Gasteiger partial charge is 0.371 e. The Morgan fingerprint density at radius 2 is 1.67 bits per heavy atom. The molecule has 0 unspecified atom stereocenters. The van der Waals surface area contributed by atoms with Gasteiger partial charge in [-0.3, -0.25) is 9.10 Å². The third-order valence-corrected chi connectivity index (χ3v) is 7.43. The van der Waals surface area contributed by atoms with Gasteiger partial charge < -0.3 is 10.2 Å². The molecule has 33 heavy (non-hydrogen) atoms. The molecule has 8 heteroatoms. The van der Waals surface area contributed by atoms with E-state index in [1.165, 1.54) is 47.6 Å². The van der Waals surface area contributed by atoms with Gasteiger partial charge in [-0.15, -0.1) is 0 Å². The third kappa shape index (κ3) is 5.34. The average molecular weight is 468 g/mol. The standard InChI is InChI=1S/C25H26FN3O3S/c26-21-11-13-22(14-12-21)29(33(31,32)23-8-2-1-3-9-23)19-25(30)27-16-6-17-28-18-15-20-7-4-5-10-24(20)28/h1-5,7-14H,6,15-19H2,(H,27,30). The monoisotopic (exact) mass is 467 g/mol. The Hall–Kier alpha value is -3.39. The fourth-order valence-corrected chi connectivity index (χ4v) is 5.41. The molecule has 0 bridgehead atoms. The first-order valence-electron chi connectivity index (χ1n) is 10.9. The second-order valence-corrected chi connectivity index (χ2v) is 9.73. The predicted molar refractivity (Wildman–Crippen MR) is 127 cm³/mol. The molecule has 1 heterocycles. The van der Waals surface area contributed by atoms with Gasteiger partial charge in [-0.25, -0.2) is 12.8 Å². The molecule has 4 rings (SSSR count). The molecule has 0 radical (unpaired) electrons. The van der Waals surface area contributed by atoms with E-state index < -0.39 is 28.3 Å². The number of sulfonamides is 1. The Bertz CT molecular complexity index is 1200. The molecular formula is C25H26FN3O3S. The van der Waals surface area contributed by atoms with Gasteiger partial charge in [0.1, 0.15) is 12.4 Å². The van der Waals surface area contributed by atoms with Crippen molar-refractivity contribution in [3.05, 3.63) is 90.2 Å². The second-order valence-electron chi connectivity index (χ2n) is 7.87. The number of rotatable bonds is 9. The minimum Gasteiger partial charge on any atom is -0.371 e. The van der Waals surface area contributed by atoms with Crippen LogP contribution in [0.15, 0.2) is 83.8 Å². The Balaban J connectivity index is 1.39. The Morgan fingerprint density at radius 1 is 0.970 bits per heavy atom. The van der Waals surface area contributed by atoms with Crippen LogP contribution in [-0.4, -0.2) is 40.5 Å². The summed E-state index contributed by atoms with van der Waals surface area (Å²) in [5, 5.41) is 2.82. The van der Waals surface area contributed by atoms with E-state index in [4.69, 9.17) is 0 Å². The van der Waals surface area contributed by atoms with Gasteiger partial charge in [0.2, 0.25) is 5.91 Å². The fraction of sp³-hybridized carbons (Fsp3) is 0.240. The maximum atomic E-state index is 13.4. The Kier molecular flexibility index (Phi) is 6.93. The number of amides is 1. The number of carbonyl (C=O) groups is 1. The van der Waals surface area contributed by atoms with Gasteiger partial charge in [0, 0.05) is 25.3 Å². The molecular weight excluding hydrogens is 441 g/mol. The number of carbonyl (C=O) groups excluding carboxylic acids is 1. The van der Waals surface area contributed by atoms with Gasteiger partial charge in [-0.05, 0) is 60.9 Å². The number of nitrogens with zero attached hydrogens (tertiary/aromatic N) is 2. The average Bonchev–Trinajstić information content (AvgIpc) is 3.24. The number of hydrogen-bond acceptors (Lipinski definition) is 4. The molecule has 6 nitrogen and oxygen atoms in total. The van der Waals surface area contributed by atoms with Crippen LogP contribution in [-0.2, 0) is 21.2 Å². The van der Waals surface area contributed by atoms with Crippen LogP contribution >= 0.6 is 0 Å². The van der Waals surface area contributed by atoms with Crippen molar-refractivity contribution >= 4 is 27.3 Å². The van der Waals surface area contributed by atoms with E-state index in [1.807, 2.05) is 12.1 Å². The zero-order chi connectivity index (χ0) is 23.3. The summed E-state index contributed by atoms with van der Waals surface area (Å²) < 4.78 is 40.9. The van der Waals surface area contributed by atoms with Crippen molar-refractivity contribution in [2.75, 3.05) is 35.4 Å². The Labute approximate surface area is 193 Å². The highest BCUT2D eigenvalue weighted by atomic mass is 32.2. The summed E-state index contributed by atoms with van der Waals surface area (Å²) >= 11 is 0. The van der Waals surface area contributed by atoms with Crippen molar-refractivity contribution in [1.29, 1.82) is 0 Å². The lowest BCUT2D eigenvalue weighted by molar-refractivity contribution is -0.119. The maximum Gasteiger partial charge on any atom is 0.264 e. The van der Waals surface area contributed by atoms with Crippen molar-refractivity contribution < 1.29 is 17.6 Å². The van der Waals surface area contributed by atoms with Crippen LogP contribution in [0.5, 0.6) is 0 Å². The van der Waals surface area contributed by atoms with Crippen molar-refractivity contribution in [3.63, 3.8) is 0 Å². The van der Waals surface area contributed by atoms with E-state index in [9.17, 15) is 17.6 Å². The predicted octanol–water partition coefficient (Wildman–Crippen LogP) is 3.59. The summed E-state index contributed by atoms with van der Waals surface area (Å²) in [6.45, 7) is 1.80. The molecule has 0 spiro atoms. The van der Waals surface area contributed by atoms with Crippen LogP contribution in [0.25, 0.3) is 0 Å². The zero-order valence-corrected chi connectivity index (χ0v) is 19.0. The van der Waals surface area contributed by atoms with Crippen molar-refractivity contribution in [2.24, 2.45) is 0 Å². The summed E-state index contributed by atoms with van der Waals surface area (Å²) in [5.74, 6) is -0.899. The summed E-state index contributed by atoms with van der Waals surface area (Å²) in [4.78, 5) is 15.0. The topological polar surface area (TPSA) is 69.7 Å². The zero-order valence-electron chi connectivity index (χ0n) is 18.2. The molecule has 1 N–H and O–H groups in total. The highest BCUT2D eigenvalue weighted by molar-refractivity contribution is 7.92. The van der Waals surface area contributed by atoms with Crippen LogP contribution < -0.4 is 14.5 Å². The number of nitrogens with one attached hydrogen (secondary N) is 1. The van der Waals surface area contributed by atoms with E-state index in [2.05, 4.69) is 22.3 Å². The lowest BCUT2D eigenvalue weighted by Gasteiger charge is -2.24. The molecule has 3 aromatic rings. The number of fused-ring (bicyclic) bond motifs is 1. The fourth-order valence-electron chi connectivity index (χ4n) is 3.97. The molecule has 1 aliphatic heterocycles. The van der Waals surface area contributed by atoms with Crippen molar-refractivity contribution in [1.82, 2.24) is 5.32 Å². The molecule has 172 valence electrons. The molecule has 0 aromatic heterocycles. The molecule has 0 aliphatic carbocycles. The van der Waals surface area contributed by atoms with E-state index in [0.717, 1.165) is 30.2 Å². The maximum absolute atomic E-state index is 13.4. The van der Waals surface area contributed by atoms with Crippen LogP contribution in [0.4, 0.5) is 15.8 Å². The van der Waals surface area contributed by atoms with Gasteiger partial charge in [0.05, 0.1) is 10.6 Å². The van der Waals surface area contributed by atoms with Crippen molar-refractivity contribution in [3.8, 4) is 0 Å². The van der Waals surface area contributed by atoms with E-state index in [0.29, 0.717) is 6.54 Å². The SMILES string of the molecule is O=C(CN(c1ccc(F)cc1)S(=O)(=O)c1ccccc1)NCCCN1CCc2ccccc21. The van der Waals surface area contributed by atoms with Crippen molar-refractivity contribution in [2.45, 2.75) is 17.7 Å². The lowest BCUT2D eigenvalue weighted by Crippen LogP contribution is -2.41. The Morgan fingerprint density at radius 3 is 2.42 bits per heavy atom. The summed E-state index contributed by atoms with van der Waals surface area (Å²) in [6.07, 6.45) is 1.76. The van der Waals surface area contributed by atoms with Gasteiger partial charge in [0.15, 0.2) is 0 Å². The summed E-state index contributed by atoms with van der Waals surface area (Å²) in [5.41, 5.74) is 2.80. The normalized spacial score (nSPS) is 12.9. The minimum absolute atomic E-state index is 0.0647. The first kappa shape index (κ1) is 22.8. The first-order valence-corrected chi connectivity index (χ1v) is 12.3. The molecule has 1 amide bonds.